The largest absolute Gasteiger partial charge is 0.419 e. The third kappa shape index (κ3) is 2.76. The van der Waals surface area contributed by atoms with Gasteiger partial charge in [-0.15, -0.1) is 0 Å². The van der Waals surface area contributed by atoms with E-state index in [1.54, 1.807) is 13.0 Å². The summed E-state index contributed by atoms with van der Waals surface area (Å²) in [6.45, 7) is 1.68. The van der Waals surface area contributed by atoms with Gasteiger partial charge in [-0.2, -0.15) is 18.3 Å². The molecule has 102 valence electrons. The van der Waals surface area contributed by atoms with Crippen LogP contribution in [0.3, 0.4) is 0 Å². The van der Waals surface area contributed by atoms with Crippen molar-refractivity contribution >= 4 is 0 Å². The number of halogens is 4. The summed E-state index contributed by atoms with van der Waals surface area (Å²) < 4.78 is 51.9. The van der Waals surface area contributed by atoms with Gasteiger partial charge in [-0.3, -0.25) is 0 Å². The van der Waals surface area contributed by atoms with Crippen LogP contribution < -0.4 is 5.73 Å². The molecule has 1 aromatic carbocycles. The Hall–Kier alpha value is -1.89. The zero-order chi connectivity index (χ0) is 14.2. The van der Waals surface area contributed by atoms with Gasteiger partial charge in [-0.25, -0.2) is 9.07 Å². The van der Waals surface area contributed by atoms with Crippen LogP contribution >= 0.6 is 0 Å². The molecule has 0 aliphatic carbocycles. The molecule has 0 spiro atoms. The third-order valence-electron chi connectivity index (χ3n) is 2.65. The van der Waals surface area contributed by atoms with Crippen LogP contribution in [0.1, 0.15) is 24.1 Å². The van der Waals surface area contributed by atoms with Gasteiger partial charge in [0.2, 0.25) is 0 Å². The minimum absolute atomic E-state index is 0.0556. The normalized spacial score (nSPS) is 13.6. The number of nitrogens with two attached hydrogens (primary N) is 1. The molecule has 0 radical (unpaired) electrons. The molecule has 0 bridgehead atoms. The second-order valence-corrected chi connectivity index (χ2v) is 4.17. The van der Waals surface area contributed by atoms with Crippen LogP contribution in [0.4, 0.5) is 17.6 Å². The lowest BCUT2D eigenvalue weighted by Crippen LogP contribution is -2.07. The van der Waals surface area contributed by atoms with Gasteiger partial charge in [0.25, 0.3) is 0 Å². The summed E-state index contributed by atoms with van der Waals surface area (Å²) in [6, 6.07) is 3.74. The molecule has 2 rings (SSSR count). The van der Waals surface area contributed by atoms with Crippen LogP contribution in [0.25, 0.3) is 5.69 Å². The first-order valence-electron chi connectivity index (χ1n) is 5.46. The number of benzene rings is 1. The van der Waals surface area contributed by atoms with E-state index < -0.39 is 17.6 Å². The number of hydrogen-bond acceptors (Lipinski definition) is 2. The first-order valence-corrected chi connectivity index (χ1v) is 5.46. The molecule has 0 fully saturated rings. The molecule has 7 heteroatoms. The third-order valence-corrected chi connectivity index (χ3v) is 2.65. The van der Waals surface area contributed by atoms with E-state index in [2.05, 4.69) is 5.10 Å². The zero-order valence-electron chi connectivity index (χ0n) is 9.95. The van der Waals surface area contributed by atoms with Gasteiger partial charge in [-0.05, 0) is 24.6 Å². The molecule has 1 atom stereocenters. The van der Waals surface area contributed by atoms with Crippen LogP contribution in [-0.4, -0.2) is 9.78 Å². The van der Waals surface area contributed by atoms with E-state index in [4.69, 9.17) is 5.73 Å². The van der Waals surface area contributed by atoms with Gasteiger partial charge >= 0.3 is 6.18 Å². The maximum atomic E-state index is 13.8. The van der Waals surface area contributed by atoms with E-state index in [1.807, 2.05) is 0 Å². The second kappa shape index (κ2) is 4.65. The van der Waals surface area contributed by atoms with Gasteiger partial charge in [0.15, 0.2) is 0 Å². The quantitative estimate of drug-likeness (QED) is 0.855. The summed E-state index contributed by atoms with van der Waals surface area (Å²) in [5.41, 5.74) is 5.17. The van der Waals surface area contributed by atoms with E-state index in [1.165, 1.54) is 12.1 Å². The fraction of sp³-hybridized carbons (Fsp3) is 0.250. The molecule has 0 unspecified atom stereocenters. The molecule has 1 heterocycles. The zero-order valence-corrected chi connectivity index (χ0v) is 9.95. The fourth-order valence-electron chi connectivity index (χ4n) is 1.59. The van der Waals surface area contributed by atoms with Crippen LogP contribution in [-0.2, 0) is 6.18 Å². The molecule has 3 nitrogen and oxygen atoms in total. The van der Waals surface area contributed by atoms with E-state index in [0.29, 0.717) is 11.8 Å². The predicted octanol–water partition coefficient (Wildman–Crippen LogP) is 3.05. The summed E-state index contributed by atoms with van der Waals surface area (Å²) in [5, 5.41) is 3.51. The Labute approximate surface area is 106 Å². The molecule has 0 amide bonds. The Balaban J connectivity index is 2.40. The van der Waals surface area contributed by atoms with Crippen LogP contribution in [0.5, 0.6) is 0 Å². The van der Waals surface area contributed by atoms with E-state index in [0.717, 1.165) is 10.9 Å². The van der Waals surface area contributed by atoms with Crippen molar-refractivity contribution in [3.05, 3.63) is 47.5 Å². The smallest absolute Gasteiger partial charge is 0.324 e. The van der Waals surface area contributed by atoms with Crippen molar-refractivity contribution in [1.29, 1.82) is 0 Å². The maximum absolute atomic E-state index is 13.8. The highest BCUT2D eigenvalue weighted by atomic mass is 19.4. The molecule has 1 aromatic heterocycles. The van der Waals surface area contributed by atoms with Gasteiger partial charge in [0.1, 0.15) is 11.5 Å². The first kappa shape index (κ1) is 13.5. The molecule has 0 saturated heterocycles. The molecule has 0 aliphatic rings. The first-order chi connectivity index (χ1) is 8.79. The van der Waals surface area contributed by atoms with Gasteiger partial charge < -0.3 is 5.73 Å². The van der Waals surface area contributed by atoms with Crippen molar-refractivity contribution in [2.24, 2.45) is 5.73 Å². The summed E-state index contributed by atoms with van der Waals surface area (Å²) in [5.74, 6) is -0.674. The topological polar surface area (TPSA) is 43.8 Å². The van der Waals surface area contributed by atoms with Crippen LogP contribution in [0.2, 0.25) is 0 Å². The molecule has 2 aromatic rings. The molecular formula is C12H11F4N3. The highest BCUT2D eigenvalue weighted by Crippen LogP contribution is 2.29. The Kier molecular flexibility index (Phi) is 3.32. The minimum Gasteiger partial charge on any atom is -0.324 e. The Morgan fingerprint density at radius 2 is 2.00 bits per heavy atom. The van der Waals surface area contributed by atoms with Crippen molar-refractivity contribution in [1.82, 2.24) is 9.78 Å². The van der Waals surface area contributed by atoms with Crippen molar-refractivity contribution in [2.75, 3.05) is 0 Å². The summed E-state index contributed by atoms with van der Waals surface area (Å²) in [7, 11) is 0. The second-order valence-electron chi connectivity index (χ2n) is 4.17. The fourth-order valence-corrected chi connectivity index (χ4v) is 1.59. The molecule has 0 aliphatic heterocycles. The lowest BCUT2D eigenvalue weighted by Gasteiger charge is -2.08. The average Bonchev–Trinajstić information content (AvgIpc) is 2.77. The molecular weight excluding hydrogens is 262 g/mol. The number of nitrogens with zero attached hydrogens (tertiary/aromatic N) is 2. The van der Waals surface area contributed by atoms with Crippen LogP contribution in [0.15, 0.2) is 30.6 Å². The SMILES string of the molecule is C[C@H](N)c1ccc(-n2cc(C(F)(F)F)cn2)c(F)c1. The summed E-state index contributed by atoms with van der Waals surface area (Å²) in [4.78, 5) is 0. The van der Waals surface area contributed by atoms with E-state index in [9.17, 15) is 17.6 Å². The molecule has 2 N–H and O–H groups in total. The maximum Gasteiger partial charge on any atom is 0.419 e. The summed E-state index contributed by atoms with van der Waals surface area (Å²) in [6.07, 6.45) is -3.11. The van der Waals surface area contributed by atoms with Gasteiger partial charge in [0, 0.05) is 12.2 Å². The highest BCUT2D eigenvalue weighted by Gasteiger charge is 2.32. The number of hydrogen-bond donors (Lipinski definition) is 1. The highest BCUT2D eigenvalue weighted by molar-refractivity contribution is 5.37. The van der Waals surface area contributed by atoms with Gasteiger partial charge in [0.05, 0.1) is 11.8 Å². The lowest BCUT2D eigenvalue weighted by atomic mass is 10.1. The number of rotatable bonds is 2. The average molecular weight is 273 g/mol. The lowest BCUT2D eigenvalue weighted by molar-refractivity contribution is -0.137. The number of alkyl halides is 3. The van der Waals surface area contributed by atoms with Crippen molar-refractivity contribution in [3.8, 4) is 5.69 Å². The number of aromatic nitrogens is 2. The standard InChI is InChI=1S/C12H11F4N3/c1-7(17)8-2-3-11(10(13)4-8)19-6-9(5-18-19)12(14,15)16/h2-7H,17H2,1H3/t7-/m0/s1. The Morgan fingerprint density at radius 3 is 2.47 bits per heavy atom. The van der Waals surface area contributed by atoms with Crippen molar-refractivity contribution in [2.45, 2.75) is 19.1 Å². The minimum atomic E-state index is -4.50. The van der Waals surface area contributed by atoms with E-state index in [-0.39, 0.29) is 11.7 Å². The van der Waals surface area contributed by atoms with E-state index >= 15 is 0 Å². The predicted molar refractivity (Wildman–Crippen MR) is 61.1 cm³/mol. The van der Waals surface area contributed by atoms with Crippen LogP contribution in [0, 0.1) is 5.82 Å². The molecule has 19 heavy (non-hydrogen) atoms. The molecule has 0 saturated carbocycles. The Bertz CT molecular complexity index is 587. The van der Waals surface area contributed by atoms with Crippen molar-refractivity contribution < 1.29 is 17.6 Å². The van der Waals surface area contributed by atoms with Gasteiger partial charge in [-0.1, -0.05) is 6.07 Å². The summed E-state index contributed by atoms with van der Waals surface area (Å²) >= 11 is 0. The monoisotopic (exact) mass is 273 g/mol. The van der Waals surface area contributed by atoms with Crippen molar-refractivity contribution in [3.63, 3.8) is 0 Å². The Morgan fingerprint density at radius 1 is 1.32 bits per heavy atom.